The molecule has 0 aromatic heterocycles. The number of rotatable bonds is 9. The largest absolute Gasteiger partial charge is 0.481 e. The Labute approximate surface area is 121 Å². The fourth-order valence-electron chi connectivity index (χ4n) is 2.37. The lowest BCUT2D eigenvalue weighted by Crippen LogP contribution is -2.41. The zero-order valence-electron chi connectivity index (χ0n) is 12.7. The summed E-state index contributed by atoms with van der Waals surface area (Å²) in [6.07, 6.45) is 7.32. The van der Waals surface area contributed by atoms with Crippen LogP contribution in [-0.2, 0) is 4.79 Å². The number of nitrogens with one attached hydrogen (secondary N) is 2. The van der Waals surface area contributed by atoms with Gasteiger partial charge in [0.05, 0.1) is 5.92 Å². The quantitative estimate of drug-likeness (QED) is 0.609. The van der Waals surface area contributed by atoms with Crippen LogP contribution in [0.5, 0.6) is 0 Å². The number of hydrogen-bond donors (Lipinski definition) is 3. The van der Waals surface area contributed by atoms with E-state index in [1.807, 2.05) is 6.92 Å². The van der Waals surface area contributed by atoms with Crippen molar-refractivity contribution in [2.45, 2.75) is 64.8 Å². The van der Waals surface area contributed by atoms with E-state index in [0.717, 1.165) is 31.7 Å². The minimum atomic E-state index is -0.751. The van der Waals surface area contributed by atoms with Gasteiger partial charge >= 0.3 is 12.0 Å². The van der Waals surface area contributed by atoms with Gasteiger partial charge in [-0.1, -0.05) is 32.6 Å². The first-order valence-corrected chi connectivity index (χ1v) is 7.76. The van der Waals surface area contributed by atoms with Gasteiger partial charge in [-0.3, -0.25) is 4.79 Å². The second-order valence-corrected chi connectivity index (χ2v) is 6.06. The van der Waals surface area contributed by atoms with Gasteiger partial charge in [0.25, 0.3) is 0 Å². The molecule has 2 atom stereocenters. The Bertz CT molecular complexity index is 316. The normalized spacial score (nSPS) is 17.9. The molecule has 2 amide bonds. The van der Waals surface area contributed by atoms with Gasteiger partial charge in [-0.15, -0.1) is 0 Å². The fraction of sp³-hybridized carbons (Fsp3) is 0.867. The molecule has 116 valence electrons. The second-order valence-electron chi connectivity index (χ2n) is 6.06. The highest BCUT2D eigenvalue weighted by Gasteiger charge is 2.17. The molecule has 3 N–H and O–H groups in total. The summed E-state index contributed by atoms with van der Waals surface area (Å²) in [6, 6.07) is -0.0252. The first-order chi connectivity index (χ1) is 9.49. The molecule has 1 aliphatic carbocycles. The van der Waals surface area contributed by atoms with Crippen molar-refractivity contribution in [1.29, 1.82) is 0 Å². The van der Waals surface area contributed by atoms with Gasteiger partial charge in [-0.05, 0) is 32.1 Å². The minimum Gasteiger partial charge on any atom is -0.481 e. The van der Waals surface area contributed by atoms with Crippen molar-refractivity contribution in [3.63, 3.8) is 0 Å². The standard InChI is InChI=1S/C15H28N2O3/c1-11(14(18)19)5-3-6-12(2)17-15(20)16-10-9-13-7-4-8-13/h11-13H,3-10H2,1-2H3,(H,18,19)(H2,16,17,20). The smallest absolute Gasteiger partial charge is 0.314 e. The Morgan fingerprint density at radius 3 is 2.50 bits per heavy atom. The Morgan fingerprint density at radius 1 is 1.25 bits per heavy atom. The van der Waals surface area contributed by atoms with Crippen LogP contribution in [0.15, 0.2) is 0 Å². The molecule has 2 unspecified atom stereocenters. The zero-order valence-corrected chi connectivity index (χ0v) is 12.7. The average molecular weight is 284 g/mol. The number of amides is 2. The molecule has 0 aliphatic heterocycles. The van der Waals surface area contributed by atoms with Crippen LogP contribution in [0.25, 0.3) is 0 Å². The van der Waals surface area contributed by atoms with E-state index in [1.165, 1.54) is 19.3 Å². The predicted molar refractivity (Wildman–Crippen MR) is 78.6 cm³/mol. The first-order valence-electron chi connectivity index (χ1n) is 7.76. The zero-order chi connectivity index (χ0) is 15.0. The molecule has 1 rings (SSSR count). The van der Waals surface area contributed by atoms with Crippen molar-refractivity contribution in [1.82, 2.24) is 10.6 Å². The van der Waals surface area contributed by atoms with Crippen LogP contribution in [0.4, 0.5) is 4.79 Å². The van der Waals surface area contributed by atoms with Gasteiger partial charge in [0.2, 0.25) is 0 Å². The number of carboxylic acid groups (broad SMARTS) is 1. The molecule has 0 heterocycles. The van der Waals surface area contributed by atoms with Crippen LogP contribution in [0.1, 0.15) is 58.8 Å². The van der Waals surface area contributed by atoms with E-state index < -0.39 is 5.97 Å². The Morgan fingerprint density at radius 2 is 1.95 bits per heavy atom. The summed E-state index contributed by atoms with van der Waals surface area (Å²) in [6.45, 7) is 4.42. The summed E-state index contributed by atoms with van der Waals surface area (Å²) in [5.74, 6) is -0.247. The number of carboxylic acids is 1. The third-order valence-electron chi connectivity index (χ3n) is 4.14. The molecular formula is C15H28N2O3. The SMILES string of the molecule is CC(CCCC(C)C(=O)O)NC(=O)NCCC1CCC1. The molecule has 1 fully saturated rings. The summed E-state index contributed by atoms with van der Waals surface area (Å²) < 4.78 is 0. The first kappa shape index (κ1) is 16.8. The van der Waals surface area contributed by atoms with E-state index in [4.69, 9.17) is 5.11 Å². The maximum absolute atomic E-state index is 11.6. The number of aliphatic carboxylic acids is 1. The van der Waals surface area contributed by atoms with Crippen molar-refractivity contribution < 1.29 is 14.7 Å². The fourth-order valence-corrected chi connectivity index (χ4v) is 2.37. The molecule has 0 saturated heterocycles. The predicted octanol–water partition coefficient (Wildman–Crippen LogP) is 2.76. The maximum Gasteiger partial charge on any atom is 0.314 e. The molecule has 1 saturated carbocycles. The molecule has 0 spiro atoms. The summed E-state index contributed by atoms with van der Waals surface area (Å²) in [5, 5.41) is 14.6. The lowest BCUT2D eigenvalue weighted by Gasteiger charge is -2.25. The van der Waals surface area contributed by atoms with E-state index in [2.05, 4.69) is 10.6 Å². The Balaban J connectivity index is 2.00. The summed E-state index contributed by atoms with van der Waals surface area (Å²) >= 11 is 0. The highest BCUT2D eigenvalue weighted by molar-refractivity contribution is 5.74. The number of carbonyl (C=O) groups is 2. The Hall–Kier alpha value is -1.26. The summed E-state index contributed by atoms with van der Waals surface area (Å²) in [5.41, 5.74) is 0. The molecule has 20 heavy (non-hydrogen) atoms. The van der Waals surface area contributed by atoms with Crippen molar-refractivity contribution in [2.75, 3.05) is 6.54 Å². The van der Waals surface area contributed by atoms with E-state index in [-0.39, 0.29) is 18.0 Å². The van der Waals surface area contributed by atoms with Crippen LogP contribution < -0.4 is 10.6 Å². The number of carbonyl (C=O) groups excluding carboxylic acids is 1. The van der Waals surface area contributed by atoms with Gasteiger partial charge < -0.3 is 15.7 Å². The highest BCUT2D eigenvalue weighted by Crippen LogP contribution is 2.28. The maximum atomic E-state index is 11.6. The number of urea groups is 1. The molecule has 0 radical (unpaired) electrons. The Kier molecular flexibility index (Phi) is 7.41. The van der Waals surface area contributed by atoms with E-state index in [0.29, 0.717) is 6.42 Å². The average Bonchev–Trinajstić information content (AvgIpc) is 2.31. The molecule has 0 bridgehead atoms. The van der Waals surface area contributed by atoms with Gasteiger partial charge in [-0.2, -0.15) is 0 Å². The van der Waals surface area contributed by atoms with Crippen LogP contribution in [0.2, 0.25) is 0 Å². The second kappa shape index (κ2) is 8.82. The molecular weight excluding hydrogens is 256 g/mol. The van der Waals surface area contributed by atoms with E-state index >= 15 is 0 Å². The lowest BCUT2D eigenvalue weighted by atomic mass is 9.83. The van der Waals surface area contributed by atoms with E-state index in [1.54, 1.807) is 6.92 Å². The third kappa shape index (κ3) is 6.78. The van der Waals surface area contributed by atoms with Gasteiger partial charge in [-0.25, -0.2) is 4.79 Å². The monoisotopic (exact) mass is 284 g/mol. The third-order valence-corrected chi connectivity index (χ3v) is 4.14. The topological polar surface area (TPSA) is 78.4 Å². The molecule has 5 heteroatoms. The van der Waals surface area contributed by atoms with Crippen LogP contribution in [0.3, 0.4) is 0 Å². The summed E-state index contributed by atoms with van der Waals surface area (Å²) in [7, 11) is 0. The van der Waals surface area contributed by atoms with Crippen LogP contribution in [-0.4, -0.2) is 29.7 Å². The van der Waals surface area contributed by atoms with Gasteiger partial charge in [0, 0.05) is 12.6 Å². The number of hydrogen-bond acceptors (Lipinski definition) is 2. The van der Waals surface area contributed by atoms with E-state index in [9.17, 15) is 9.59 Å². The molecule has 1 aliphatic rings. The van der Waals surface area contributed by atoms with Crippen molar-refractivity contribution in [2.24, 2.45) is 11.8 Å². The van der Waals surface area contributed by atoms with Crippen LogP contribution in [0, 0.1) is 11.8 Å². The van der Waals surface area contributed by atoms with Crippen molar-refractivity contribution in [3.8, 4) is 0 Å². The summed E-state index contributed by atoms with van der Waals surface area (Å²) in [4.78, 5) is 22.3. The lowest BCUT2D eigenvalue weighted by molar-refractivity contribution is -0.141. The van der Waals surface area contributed by atoms with Crippen LogP contribution >= 0.6 is 0 Å². The van der Waals surface area contributed by atoms with Gasteiger partial charge in [0.1, 0.15) is 0 Å². The van der Waals surface area contributed by atoms with Crippen molar-refractivity contribution in [3.05, 3.63) is 0 Å². The molecule has 0 aromatic carbocycles. The van der Waals surface area contributed by atoms with Crippen molar-refractivity contribution >= 4 is 12.0 Å². The van der Waals surface area contributed by atoms with Gasteiger partial charge in [0.15, 0.2) is 0 Å². The minimum absolute atomic E-state index is 0.0831. The highest BCUT2D eigenvalue weighted by atomic mass is 16.4. The molecule has 5 nitrogen and oxygen atoms in total. The molecule has 0 aromatic rings.